The van der Waals surface area contributed by atoms with E-state index in [-0.39, 0.29) is 11.2 Å². The fourth-order valence-electron chi connectivity index (χ4n) is 2.27. The van der Waals surface area contributed by atoms with Crippen molar-refractivity contribution in [2.75, 3.05) is 0 Å². The lowest BCUT2D eigenvalue weighted by molar-refractivity contribution is 0.665. The molecular weight excluding hydrogens is 348 g/mol. The summed E-state index contributed by atoms with van der Waals surface area (Å²) in [6.07, 6.45) is 3.54. The van der Waals surface area contributed by atoms with Gasteiger partial charge in [-0.05, 0) is 18.2 Å². The van der Waals surface area contributed by atoms with Gasteiger partial charge in [0, 0.05) is 54.7 Å². The second-order valence-corrected chi connectivity index (χ2v) is 6.60. The molecule has 0 N–H and O–H groups in total. The van der Waals surface area contributed by atoms with Crippen molar-refractivity contribution in [3.05, 3.63) is 74.3 Å². The van der Waals surface area contributed by atoms with Crippen LogP contribution in [0, 0.1) is 0 Å². The number of hydrogen-bond acceptors (Lipinski definition) is 4. The van der Waals surface area contributed by atoms with Crippen LogP contribution >= 0.6 is 23.4 Å². The molecule has 1 aromatic carbocycles. The van der Waals surface area contributed by atoms with Gasteiger partial charge >= 0.3 is 5.69 Å². The van der Waals surface area contributed by atoms with Crippen LogP contribution < -0.4 is 11.2 Å². The van der Waals surface area contributed by atoms with E-state index >= 15 is 0 Å². The number of imidazole rings is 1. The molecule has 3 aromatic rings. The highest BCUT2D eigenvalue weighted by molar-refractivity contribution is 7.98. The fourth-order valence-corrected chi connectivity index (χ4v) is 3.45. The van der Waals surface area contributed by atoms with Gasteiger partial charge in [-0.15, -0.1) is 0 Å². The Balaban J connectivity index is 1.89. The van der Waals surface area contributed by atoms with Gasteiger partial charge in [-0.2, -0.15) is 0 Å². The van der Waals surface area contributed by atoms with Crippen molar-refractivity contribution >= 4 is 23.4 Å². The number of halogens is 1. The van der Waals surface area contributed by atoms with Crippen LogP contribution in [0.3, 0.4) is 0 Å². The molecule has 0 spiro atoms. The largest absolute Gasteiger partial charge is 0.330 e. The minimum atomic E-state index is -0.337. The maximum atomic E-state index is 12.0. The van der Waals surface area contributed by atoms with Gasteiger partial charge in [0.2, 0.25) is 0 Å². The highest BCUT2D eigenvalue weighted by atomic mass is 35.5. The number of hydrogen-bond donors (Lipinski definition) is 0. The van der Waals surface area contributed by atoms with Crippen LogP contribution in [-0.4, -0.2) is 18.7 Å². The summed E-state index contributed by atoms with van der Waals surface area (Å²) in [5, 5.41) is 1.40. The van der Waals surface area contributed by atoms with E-state index in [1.807, 2.05) is 35.0 Å². The first-order chi connectivity index (χ1) is 11.5. The molecule has 0 atom stereocenters. The highest BCUT2D eigenvalue weighted by Crippen LogP contribution is 2.24. The molecular formula is C16H15ClN4O2S. The Morgan fingerprint density at radius 1 is 1.17 bits per heavy atom. The third-order valence-corrected chi connectivity index (χ3v) is 4.90. The summed E-state index contributed by atoms with van der Waals surface area (Å²) in [5.74, 6) is 0.458. The predicted molar refractivity (Wildman–Crippen MR) is 95.1 cm³/mol. The number of aromatic nitrogens is 4. The molecule has 0 fully saturated rings. The van der Waals surface area contributed by atoms with Gasteiger partial charge in [0.05, 0.1) is 0 Å². The van der Waals surface area contributed by atoms with Crippen molar-refractivity contribution in [3.63, 3.8) is 0 Å². The van der Waals surface area contributed by atoms with Gasteiger partial charge in [-0.3, -0.25) is 18.5 Å². The van der Waals surface area contributed by atoms with E-state index in [0.29, 0.717) is 16.5 Å². The second-order valence-electron chi connectivity index (χ2n) is 5.22. The molecule has 0 aliphatic carbocycles. The molecule has 3 rings (SSSR count). The molecule has 0 unspecified atom stereocenters. The van der Waals surface area contributed by atoms with Gasteiger partial charge in [0.15, 0.2) is 5.16 Å². The molecule has 0 saturated heterocycles. The molecule has 124 valence electrons. The summed E-state index contributed by atoms with van der Waals surface area (Å²) in [6.45, 7) is 0. The predicted octanol–water partition coefficient (Wildman–Crippen LogP) is 2.22. The van der Waals surface area contributed by atoms with E-state index in [2.05, 4.69) is 4.98 Å². The van der Waals surface area contributed by atoms with E-state index < -0.39 is 0 Å². The first kappa shape index (κ1) is 16.6. The molecule has 0 saturated carbocycles. The van der Waals surface area contributed by atoms with Crippen LogP contribution in [0.2, 0.25) is 5.02 Å². The van der Waals surface area contributed by atoms with E-state index in [1.165, 1.54) is 29.4 Å². The zero-order valence-corrected chi connectivity index (χ0v) is 14.7. The van der Waals surface area contributed by atoms with Gasteiger partial charge < -0.3 is 0 Å². The maximum absolute atomic E-state index is 12.0. The molecule has 6 nitrogen and oxygen atoms in total. The molecule has 0 amide bonds. The van der Waals surface area contributed by atoms with Gasteiger partial charge in [-0.25, -0.2) is 9.78 Å². The Hall–Kier alpha value is -2.25. The van der Waals surface area contributed by atoms with Crippen LogP contribution in [0.4, 0.5) is 0 Å². The van der Waals surface area contributed by atoms with Crippen molar-refractivity contribution in [1.82, 2.24) is 18.7 Å². The fraction of sp³-hybridized carbons (Fsp3) is 0.188. The minimum Gasteiger partial charge on any atom is -0.300 e. The number of thioether (sulfide) groups is 1. The van der Waals surface area contributed by atoms with E-state index in [0.717, 1.165) is 15.4 Å². The maximum Gasteiger partial charge on any atom is 0.330 e. The lowest BCUT2D eigenvalue weighted by Crippen LogP contribution is -2.37. The van der Waals surface area contributed by atoms with Crippen molar-refractivity contribution in [2.24, 2.45) is 14.1 Å². The lowest BCUT2D eigenvalue weighted by atomic mass is 10.3. The quantitative estimate of drug-likeness (QED) is 0.668. The van der Waals surface area contributed by atoms with Crippen LogP contribution in [0.5, 0.6) is 0 Å². The Morgan fingerprint density at radius 3 is 2.71 bits per heavy atom. The number of benzene rings is 1. The summed E-state index contributed by atoms with van der Waals surface area (Å²) in [4.78, 5) is 28.1. The average molecular weight is 363 g/mol. The zero-order valence-electron chi connectivity index (χ0n) is 13.1. The molecule has 0 radical (unpaired) electrons. The smallest absolute Gasteiger partial charge is 0.300 e. The summed E-state index contributed by atoms with van der Waals surface area (Å²) in [5.41, 5.74) is 0.900. The third kappa shape index (κ3) is 3.18. The Labute approximate surface area is 147 Å². The van der Waals surface area contributed by atoms with Crippen molar-refractivity contribution in [2.45, 2.75) is 10.9 Å². The molecule has 0 aliphatic rings. The monoisotopic (exact) mass is 362 g/mol. The van der Waals surface area contributed by atoms with Crippen LogP contribution in [0.1, 0.15) is 5.69 Å². The minimum absolute atomic E-state index is 0.313. The molecule has 24 heavy (non-hydrogen) atoms. The first-order valence-electron chi connectivity index (χ1n) is 7.15. The van der Waals surface area contributed by atoms with Gasteiger partial charge in [0.1, 0.15) is 0 Å². The topological polar surface area (TPSA) is 61.8 Å². The SMILES string of the molecule is Cn1c(CSc2nccn2-c2cccc(Cl)c2)cc(=O)n(C)c1=O. The second kappa shape index (κ2) is 6.70. The molecule has 8 heteroatoms. The molecule has 0 bridgehead atoms. The average Bonchev–Trinajstić information content (AvgIpc) is 3.03. The summed E-state index contributed by atoms with van der Waals surface area (Å²) >= 11 is 7.49. The molecule has 0 aliphatic heterocycles. The van der Waals surface area contributed by atoms with E-state index in [4.69, 9.17) is 11.6 Å². The van der Waals surface area contributed by atoms with Crippen molar-refractivity contribution in [3.8, 4) is 5.69 Å². The molecule has 2 aromatic heterocycles. The lowest BCUT2D eigenvalue weighted by Gasteiger charge is -2.10. The normalized spacial score (nSPS) is 11.0. The van der Waals surface area contributed by atoms with Gasteiger partial charge in [0.25, 0.3) is 5.56 Å². The number of rotatable bonds is 4. The van der Waals surface area contributed by atoms with Crippen LogP contribution in [0.15, 0.2) is 57.5 Å². The van der Waals surface area contributed by atoms with Crippen molar-refractivity contribution < 1.29 is 0 Å². The summed E-state index contributed by atoms with van der Waals surface area (Å²) < 4.78 is 4.47. The Morgan fingerprint density at radius 2 is 1.96 bits per heavy atom. The standard InChI is InChI=1S/C16H15ClN4O2S/c1-19-13(9-14(22)20(2)16(19)23)10-24-15-18-6-7-21(15)12-5-3-4-11(17)8-12/h3-9H,10H2,1-2H3. The van der Waals surface area contributed by atoms with Crippen LogP contribution in [-0.2, 0) is 19.8 Å². The first-order valence-corrected chi connectivity index (χ1v) is 8.52. The third-order valence-electron chi connectivity index (χ3n) is 3.67. The molecule has 2 heterocycles. The van der Waals surface area contributed by atoms with Gasteiger partial charge in [-0.1, -0.05) is 29.4 Å². The Kier molecular flexibility index (Phi) is 4.64. The van der Waals surface area contributed by atoms with Crippen molar-refractivity contribution in [1.29, 1.82) is 0 Å². The summed E-state index contributed by atoms with van der Waals surface area (Å²) in [7, 11) is 3.12. The zero-order chi connectivity index (χ0) is 17.3. The van der Waals surface area contributed by atoms with Crippen LogP contribution in [0.25, 0.3) is 5.69 Å². The number of nitrogens with zero attached hydrogens (tertiary/aromatic N) is 4. The summed E-state index contributed by atoms with van der Waals surface area (Å²) in [6, 6.07) is 8.94. The Bertz CT molecular complexity index is 1010. The highest BCUT2D eigenvalue weighted by Gasteiger charge is 2.10. The van der Waals surface area contributed by atoms with E-state index in [9.17, 15) is 9.59 Å². The van der Waals surface area contributed by atoms with E-state index in [1.54, 1.807) is 13.2 Å².